The van der Waals surface area contributed by atoms with Crippen molar-refractivity contribution in [3.63, 3.8) is 0 Å². The molecule has 1 fully saturated rings. The molecule has 1 saturated heterocycles. The molecule has 1 aromatic carbocycles. The van der Waals surface area contributed by atoms with Crippen LogP contribution in [0, 0.1) is 5.92 Å². The molecule has 0 aromatic heterocycles. The topological polar surface area (TPSA) is 63.2 Å². The van der Waals surface area contributed by atoms with Gasteiger partial charge in [-0.1, -0.05) is 30.3 Å². The first-order valence-electron chi connectivity index (χ1n) is 8.94. The number of amides is 1. The summed E-state index contributed by atoms with van der Waals surface area (Å²) in [6, 6.07) is 10.6. The second kappa shape index (κ2) is 9.42. The van der Waals surface area contributed by atoms with Gasteiger partial charge in [0.25, 0.3) is 0 Å². The van der Waals surface area contributed by atoms with Gasteiger partial charge in [-0.3, -0.25) is 9.59 Å². The molecule has 2 rings (SSSR count). The summed E-state index contributed by atoms with van der Waals surface area (Å²) in [5.41, 5.74) is 1.27. The van der Waals surface area contributed by atoms with E-state index in [0.29, 0.717) is 25.6 Å². The molecular weight excluding hydrogens is 304 g/mol. The summed E-state index contributed by atoms with van der Waals surface area (Å²) in [7, 11) is 0. The number of rotatable bonds is 7. The van der Waals surface area contributed by atoms with Gasteiger partial charge in [-0.05, 0) is 26.7 Å². The maximum atomic E-state index is 12.4. The number of likely N-dealkylation sites (tertiary alicyclic amines) is 1. The molecule has 0 bridgehead atoms. The molecule has 5 heteroatoms. The summed E-state index contributed by atoms with van der Waals surface area (Å²) < 4.78 is 5.09. The monoisotopic (exact) mass is 333 g/mol. The molecule has 24 heavy (non-hydrogen) atoms. The van der Waals surface area contributed by atoms with E-state index in [4.69, 9.17) is 4.74 Å². The van der Waals surface area contributed by atoms with Gasteiger partial charge in [-0.2, -0.15) is 0 Å². The minimum Gasteiger partial charge on any atom is -0.466 e. The molecule has 1 heterocycles. The van der Waals surface area contributed by atoms with Crippen molar-refractivity contribution in [2.45, 2.75) is 39.2 Å². The minimum atomic E-state index is -0.167. The lowest BCUT2D eigenvalue weighted by Gasteiger charge is -2.31. The fraction of sp³-hybridized carbons (Fsp3) is 0.579. The van der Waals surface area contributed by atoms with Gasteiger partial charge in [-0.25, -0.2) is 0 Å². The van der Waals surface area contributed by atoms with Gasteiger partial charge in [0.15, 0.2) is 0 Å². The summed E-state index contributed by atoms with van der Waals surface area (Å²) >= 11 is 0. The van der Waals surface area contributed by atoms with Crippen LogP contribution in [0.5, 0.6) is 0 Å². The van der Waals surface area contributed by atoms with Crippen molar-refractivity contribution in [2.75, 3.05) is 26.2 Å². The molecule has 0 radical (unpaired) electrons. The highest BCUT2D eigenvalue weighted by Crippen LogP contribution is 2.18. The fourth-order valence-electron chi connectivity index (χ4n) is 3.16. The first-order valence-corrected chi connectivity index (χ1v) is 8.94. The van der Waals surface area contributed by atoms with Crippen LogP contribution in [0.3, 0.4) is 0 Å². The number of quaternary nitrogens is 1. The highest BCUT2D eigenvalue weighted by atomic mass is 16.5. The van der Waals surface area contributed by atoms with Crippen molar-refractivity contribution >= 4 is 11.9 Å². The van der Waals surface area contributed by atoms with E-state index in [9.17, 15) is 9.59 Å². The lowest BCUT2D eigenvalue weighted by Crippen LogP contribution is -2.85. The van der Waals surface area contributed by atoms with E-state index in [1.54, 1.807) is 0 Å². The predicted molar refractivity (Wildman–Crippen MR) is 92.2 cm³/mol. The molecule has 0 spiro atoms. The quantitative estimate of drug-likeness (QED) is 0.769. The van der Waals surface area contributed by atoms with Crippen molar-refractivity contribution in [1.82, 2.24) is 4.90 Å². The molecule has 0 aliphatic carbocycles. The summed E-state index contributed by atoms with van der Waals surface area (Å²) in [4.78, 5) is 26.1. The van der Waals surface area contributed by atoms with Gasteiger partial charge in [0.05, 0.1) is 25.5 Å². The number of piperidine rings is 1. The second-order valence-electron chi connectivity index (χ2n) is 6.40. The summed E-state index contributed by atoms with van der Waals surface area (Å²) in [6.45, 7) is 6.38. The Morgan fingerprint density at radius 1 is 1.33 bits per heavy atom. The highest BCUT2D eigenvalue weighted by Gasteiger charge is 2.29. The number of nitrogens with two attached hydrogens (primary N) is 1. The van der Waals surface area contributed by atoms with Gasteiger partial charge in [0.2, 0.25) is 5.91 Å². The average molecular weight is 333 g/mol. The van der Waals surface area contributed by atoms with Crippen molar-refractivity contribution in [2.24, 2.45) is 5.92 Å². The standard InChI is InChI=1S/C19H28N2O3/c1-3-24-19(23)17-10-7-13-21(14-17)18(22)11-12-20-15(2)16-8-5-4-6-9-16/h4-6,8-9,15,17,20H,3,7,10-14H2,1-2H3/p+1/t15-,17-/m0/s1. The minimum absolute atomic E-state index is 0.139. The largest absolute Gasteiger partial charge is 0.466 e. The molecule has 1 amide bonds. The van der Waals surface area contributed by atoms with Crippen LogP contribution < -0.4 is 5.32 Å². The Hall–Kier alpha value is -1.88. The zero-order valence-corrected chi connectivity index (χ0v) is 14.7. The SMILES string of the molecule is CCOC(=O)[C@H]1CCCN(C(=O)CC[NH2+][C@@H](C)c2ccccc2)C1. The predicted octanol–water partition coefficient (Wildman–Crippen LogP) is 1.50. The maximum Gasteiger partial charge on any atom is 0.310 e. The Bertz CT molecular complexity index is 533. The maximum absolute atomic E-state index is 12.4. The Labute approximate surface area is 144 Å². The third kappa shape index (κ3) is 5.34. The third-order valence-electron chi connectivity index (χ3n) is 4.60. The Balaban J connectivity index is 1.75. The first kappa shape index (κ1) is 18.5. The number of ether oxygens (including phenoxy) is 1. The molecule has 1 aromatic rings. The third-order valence-corrected chi connectivity index (χ3v) is 4.60. The fourth-order valence-corrected chi connectivity index (χ4v) is 3.16. The molecule has 2 atom stereocenters. The number of esters is 1. The van der Waals surface area contributed by atoms with E-state index in [-0.39, 0.29) is 17.8 Å². The number of hydrogen-bond donors (Lipinski definition) is 1. The molecular formula is C19H29N2O3+. The zero-order valence-electron chi connectivity index (χ0n) is 14.7. The Kier molecular flexibility index (Phi) is 7.25. The lowest BCUT2D eigenvalue weighted by atomic mass is 9.98. The number of benzene rings is 1. The van der Waals surface area contributed by atoms with Crippen LogP contribution in [-0.2, 0) is 14.3 Å². The van der Waals surface area contributed by atoms with Gasteiger partial charge < -0.3 is 15.0 Å². The van der Waals surface area contributed by atoms with Crippen LogP contribution in [0.1, 0.15) is 44.7 Å². The smallest absolute Gasteiger partial charge is 0.310 e. The van der Waals surface area contributed by atoms with Gasteiger partial charge in [0.1, 0.15) is 6.04 Å². The van der Waals surface area contributed by atoms with Crippen LogP contribution in [0.2, 0.25) is 0 Å². The van der Waals surface area contributed by atoms with Crippen molar-refractivity contribution in [3.05, 3.63) is 35.9 Å². The molecule has 1 aliphatic rings. The molecule has 5 nitrogen and oxygen atoms in total. The van der Waals surface area contributed by atoms with Gasteiger partial charge >= 0.3 is 5.97 Å². The highest BCUT2D eigenvalue weighted by molar-refractivity contribution is 5.78. The van der Waals surface area contributed by atoms with E-state index in [1.165, 1.54) is 5.56 Å². The van der Waals surface area contributed by atoms with E-state index < -0.39 is 0 Å². The normalized spacial score (nSPS) is 18.9. The van der Waals surface area contributed by atoms with Crippen LogP contribution in [-0.4, -0.2) is 43.0 Å². The van der Waals surface area contributed by atoms with Crippen LogP contribution in [0.4, 0.5) is 0 Å². The number of carbonyl (C=O) groups excluding carboxylic acids is 2. The van der Waals surface area contributed by atoms with E-state index >= 15 is 0 Å². The second-order valence-corrected chi connectivity index (χ2v) is 6.40. The van der Waals surface area contributed by atoms with E-state index in [1.807, 2.05) is 30.0 Å². The summed E-state index contributed by atoms with van der Waals surface area (Å²) in [5, 5.41) is 2.19. The van der Waals surface area contributed by atoms with Crippen LogP contribution in [0.15, 0.2) is 30.3 Å². The van der Waals surface area contributed by atoms with Gasteiger partial charge in [-0.15, -0.1) is 0 Å². The molecule has 2 N–H and O–H groups in total. The lowest BCUT2D eigenvalue weighted by molar-refractivity contribution is -0.691. The Morgan fingerprint density at radius 2 is 2.08 bits per heavy atom. The molecule has 0 saturated carbocycles. The van der Waals surface area contributed by atoms with Crippen LogP contribution >= 0.6 is 0 Å². The van der Waals surface area contributed by atoms with Crippen molar-refractivity contribution < 1.29 is 19.6 Å². The van der Waals surface area contributed by atoms with Crippen LogP contribution in [0.25, 0.3) is 0 Å². The van der Waals surface area contributed by atoms with E-state index in [2.05, 4.69) is 24.4 Å². The molecule has 0 unspecified atom stereocenters. The molecule has 1 aliphatic heterocycles. The number of carbonyl (C=O) groups is 2. The molecule has 132 valence electrons. The first-order chi connectivity index (χ1) is 11.6. The summed E-state index contributed by atoms with van der Waals surface area (Å²) in [5.74, 6) is -0.186. The van der Waals surface area contributed by atoms with Crippen molar-refractivity contribution in [3.8, 4) is 0 Å². The zero-order chi connectivity index (χ0) is 17.4. The van der Waals surface area contributed by atoms with Crippen molar-refractivity contribution in [1.29, 1.82) is 0 Å². The number of hydrogen-bond acceptors (Lipinski definition) is 3. The summed E-state index contributed by atoms with van der Waals surface area (Å²) in [6.07, 6.45) is 2.20. The average Bonchev–Trinajstić information content (AvgIpc) is 2.62. The number of nitrogens with zero attached hydrogens (tertiary/aromatic N) is 1. The van der Waals surface area contributed by atoms with Gasteiger partial charge in [0, 0.05) is 18.7 Å². The van der Waals surface area contributed by atoms with E-state index in [0.717, 1.165) is 25.9 Å². The Morgan fingerprint density at radius 3 is 2.79 bits per heavy atom.